The van der Waals surface area contributed by atoms with Crippen molar-refractivity contribution in [3.8, 4) is 0 Å². The third-order valence-corrected chi connectivity index (χ3v) is 4.70. The van der Waals surface area contributed by atoms with Crippen LogP contribution in [0.2, 0.25) is 0 Å². The second-order valence-electron chi connectivity index (χ2n) is 6.52. The van der Waals surface area contributed by atoms with E-state index in [2.05, 4.69) is 0 Å². The molecule has 2 amide bonds. The normalized spacial score (nSPS) is 15.5. The Balaban J connectivity index is 1.55. The van der Waals surface area contributed by atoms with Gasteiger partial charge in [0.2, 0.25) is 5.91 Å². The maximum atomic E-state index is 13.8. The van der Waals surface area contributed by atoms with Crippen molar-refractivity contribution in [2.75, 3.05) is 26.2 Å². The largest absolute Gasteiger partial charge is 0.339 e. The van der Waals surface area contributed by atoms with Crippen molar-refractivity contribution in [3.05, 3.63) is 71.3 Å². The van der Waals surface area contributed by atoms with E-state index in [1.165, 1.54) is 4.90 Å². The monoisotopic (exact) mass is 373 g/mol. The molecule has 1 saturated heterocycles. The van der Waals surface area contributed by atoms with Crippen molar-refractivity contribution in [2.24, 2.45) is 5.73 Å². The van der Waals surface area contributed by atoms with Gasteiger partial charge in [0.25, 0.3) is 5.91 Å². The van der Waals surface area contributed by atoms with Gasteiger partial charge in [-0.1, -0.05) is 30.3 Å². The van der Waals surface area contributed by atoms with Crippen LogP contribution in [0.4, 0.5) is 8.78 Å². The molecule has 3 rings (SSSR count). The first-order chi connectivity index (χ1) is 13.0. The summed E-state index contributed by atoms with van der Waals surface area (Å²) in [4.78, 5) is 28.0. The van der Waals surface area contributed by atoms with Gasteiger partial charge in [-0.15, -0.1) is 0 Å². The van der Waals surface area contributed by atoms with Crippen LogP contribution in [0.5, 0.6) is 0 Å². The number of hydrogen-bond donors (Lipinski definition) is 1. The number of carbonyl (C=O) groups excluding carboxylic acids is 2. The molecule has 2 aromatic carbocycles. The number of nitrogens with two attached hydrogens (primary N) is 1. The fourth-order valence-electron chi connectivity index (χ4n) is 3.13. The number of amides is 2. The molecule has 1 atom stereocenters. The summed E-state index contributed by atoms with van der Waals surface area (Å²) in [5.74, 6) is -2.19. The van der Waals surface area contributed by atoms with Crippen molar-refractivity contribution >= 4 is 11.8 Å². The highest BCUT2D eigenvalue weighted by atomic mass is 19.1. The summed E-state index contributed by atoms with van der Waals surface area (Å²) in [6.45, 7) is 1.30. The highest BCUT2D eigenvalue weighted by Crippen LogP contribution is 2.17. The minimum atomic E-state index is -0.882. The van der Waals surface area contributed by atoms with Crippen LogP contribution in [0.3, 0.4) is 0 Å². The van der Waals surface area contributed by atoms with Gasteiger partial charge >= 0.3 is 0 Å². The number of benzene rings is 2. The van der Waals surface area contributed by atoms with E-state index < -0.39 is 17.5 Å². The van der Waals surface area contributed by atoms with Crippen LogP contribution >= 0.6 is 0 Å². The Bertz CT molecular complexity index is 821. The molecule has 2 N–H and O–H groups in total. The van der Waals surface area contributed by atoms with Gasteiger partial charge < -0.3 is 15.5 Å². The average molecular weight is 373 g/mol. The molecule has 0 saturated carbocycles. The van der Waals surface area contributed by atoms with Crippen molar-refractivity contribution < 1.29 is 18.4 Å². The molecule has 1 unspecified atom stereocenters. The van der Waals surface area contributed by atoms with Crippen LogP contribution < -0.4 is 5.73 Å². The molecule has 0 radical (unpaired) electrons. The Morgan fingerprint density at radius 3 is 2.22 bits per heavy atom. The highest BCUT2D eigenvalue weighted by Gasteiger charge is 2.27. The van der Waals surface area contributed by atoms with Crippen LogP contribution in [0.25, 0.3) is 0 Å². The number of nitrogens with zero attached hydrogens (tertiary/aromatic N) is 2. The van der Waals surface area contributed by atoms with E-state index in [9.17, 15) is 18.4 Å². The van der Waals surface area contributed by atoms with Gasteiger partial charge in [-0.3, -0.25) is 9.59 Å². The third kappa shape index (κ3) is 4.49. The molecule has 1 aliphatic heterocycles. The summed E-state index contributed by atoms with van der Waals surface area (Å²) in [5, 5.41) is 0. The Morgan fingerprint density at radius 1 is 0.963 bits per heavy atom. The second kappa shape index (κ2) is 8.26. The molecule has 1 aliphatic rings. The number of carbonyl (C=O) groups is 2. The first-order valence-corrected chi connectivity index (χ1v) is 8.78. The van der Waals surface area contributed by atoms with Gasteiger partial charge in [0.15, 0.2) is 0 Å². The summed E-state index contributed by atoms with van der Waals surface area (Å²) in [6.07, 6.45) is 0.185. The lowest BCUT2D eigenvalue weighted by Crippen LogP contribution is -2.51. The number of hydrogen-bond acceptors (Lipinski definition) is 3. The zero-order valence-electron chi connectivity index (χ0n) is 14.8. The summed E-state index contributed by atoms with van der Waals surface area (Å²) in [5.41, 5.74) is 6.83. The molecule has 27 heavy (non-hydrogen) atoms. The quantitative estimate of drug-likeness (QED) is 0.895. The van der Waals surface area contributed by atoms with E-state index in [4.69, 9.17) is 5.73 Å². The lowest BCUT2D eigenvalue weighted by molar-refractivity contribution is -0.133. The molecule has 7 heteroatoms. The minimum Gasteiger partial charge on any atom is -0.339 e. The van der Waals surface area contributed by atoms with Crippen molar-refractivity contribution in [1.29, 1.82) is 0 Å². The number of piperazine rings is 1. The third-order valence-electron chi connectivity index (χ3n) is 4.70. The Kier molecular flexibility index (Phi) is 5.81. The highest BCUT2D eigenvalue weighted by molar-refractivity contribution is 5.94. The molecule has 0 aromatic heterocycles. The van der Waals surface area contributed by atoms with E-state index in [0.29, 0.717) is 32.2 Å². The zero-order valence-corrected chi connectivity index (χ0v) is 14.8. The Morgan fingerprint density at radius 2 is 1.59 bits per heavy atom. The number of rotatable bonds is 4. The van der Waals surface area contributed by atoms with Crippen molar-refractivity contribution in [1.82, 2.24) is 9.80 Å². The standard InChI is InChI=1S/C20H21F2N3O2/c21-15-6-7-16(17(22)12-15)20(27)25-10-8-24(9-11-25)19(26)13-18(23)14-4-2-1-3-5-14/h1-7,12,18H,8-11,13,23H2. The molecule has 0 spiro atoms. The van der Waals surface area contributed by atoms with Crippen LogP contribution in [0.1, 0.15) is 28.4 Å². The molecule has 1 fully saturated rings. The van der Waals surface area contributed by atoms with Crippen molar-refractivity contribution in [2.45, 2.75) is 12.5 Å². The fraction of sp³-hybridized carbons (Fsp3) is 0.300. The van der Waals surface area contributed by atoms with Crippen molar-refractivity contribution in [3.63, 3.8) is 0 Å². The van der Waals surface area contributed by atoms with E-state index >= 15 is 0 Å². The van der Waals surface area contributed by atoms with Gasteiger partial charge in [0, 0.05) is 44.7 Å². The number of halogens is 2. The SMILES string of the molecule is NC(CC(=O)N1CCN(C(=O)c2ccc(F)cc2F)CC1)c1ccccc1. The lowest BCUT2D eigenvalue weighted by Gasteiger charge is -2.35. The molecule has 0 bridgehead atoms. The molecule has 5 nitrogen and oxygen atoms in total. The van der Waals surface area contributed by atoms with Crippen LogP contribution in [0.15, 0.2) is 48.5 Å². The van der Waals surface area contributed by atoms with Gasteiger partial charge in [-0.25, -0.2) is 8.78 Å². The maximum Gasteiger partial charge on any atom is 0.256 e. The summed E-state index contributed by atoms with van der Waals surface area (Å²) < 4.78 is 26.8. The molecule has 0 aliphatic carbocycles. The molecular weight excluding hydrogens is 352 g/mol. The molecule has 2 aromatic rings. The Labute approximate surface area is 156 Å². The zero-order chi connectivity index (χ0) is 19.4. The molecular formula is C20H21F2N3O2. The topological polar surface area (TPSA) is 66.6 Å². The van der Waals surface area contributed by atoms with Gasteiger partial charge in [-0.2, -0.15) is 0 Å². The average Bonchev–Trinajstić information content (AvgIpc) is 2.68. The van der Waals surface area contributed by atoms with E-state index in [-0.39, 0.29) is 23.9 Å². The Hall–Kier alpha value is -2.80. The molecule has 142 valence electrons. The van der Waals surface area contributed by atoms with E-state index in [1.807, 2.05) is 30.3 Å². The van der Waals surface area contributed by atoms with Crippen LogP contribution in [-0.2, 0) is 4.79 Å². The summed E-state index contributed by atoms with van der Waals surface area (Å²) >= 11 is 0. The first kappa shape index (κ1) is 19.0. The molecule has 1 heterocycles. The second-order valence-corrected chi connectivity index (χ2v) is 6.52. The summed E-state index contributed by atoms with van der Waals surface area (Å²) in [7, 11) is 0. The first-order valence-electron chi connectivity index (χ1n) is 8.78. The predicted octanol–water partition coefficient (Wildman–Crippen LogP) is 2.34. The van der Waals surface area contributed by atoms with Gasteiger partial charge in [0.05, 0.1) is 5.56 Å². The smallest absolute Gasteiger partial charge is 0.256 e. The minimum absolute atomic E-state index is 0.0774. The van der Waals surface area contributed by atoms with E-state index in [0.717, 1.165) is 17.7 Å². The van der Waals surface area contributed by atoms with Crippen LogP contribution in [0, 0.1) is 11.6 Å². The summed E-state index contributed by atoms with van der Waals surface area (Å²) in [6, 6.07) is 11.9. The van der Waals surface area contributed by atoms with E-state index in [1.54, 1.807) is 4.90 Å². The maximum absolute atomic E-state index is 13.8. The lowest BCUT2D eigenvalue weighted by atomic mass is 10.0. The fourth-order valence-corrected chi connectivity index (χ4v) is 3.13. The predicted molar refractivity (Wildman–Crippen MR) is 96.8 cm³/mol. The van der Waals surface area contributed by atoms with Crippen LogP contribution in [-0.4, -0.2) is 47.8 Å². The van der Waals surface area contributed by atoms with Gasteiger partial charge in [-0.05, 0) is 17.7 Å². The van der Waals surface area contributed by atoms with Gasteiger partial charge in [0.1, 0.15) is 11.6 Å².